The number of hydrogen-bond donors (Lipinski definition) is 1. The van der Waals surface area contributed by atoms with Crippen LogP contribution in [0.3, 0.4) is 0 Å². The average Bonchev–Trinajstić information content (AvgIpc) is 3.14. The number of nitrogens with zero attached hydrogens (tertiary/aromatic N) is 3. The first-order valence-corrected chi connectivity index (χ1v) is 10.7. The fourth-order valence-electron chi connectivity index (χ4n) is 3.94. The number of benzene rings is 2. The van der Waals surface area contributed by atoms with Crippen molar-refractivity contribution in [3.63, 3.8) is 0 Å². The zero-order valence-electron chi connectivity index (χ0n) is 18.4. The van der Waals surface area contributed by atoms with E-state index < -0.39 is 0 Å². The van der Waals surface area contributed by atoms with Crippen LogP contribution in [-0.4, -0.2) is 33.4 Å². The van der Waals surface area contributed by atoms with Gasteiger partial charge in [-0.25, -0.2) is 4.68 Å². The van der Waals surface area contributed by atoms with Crippen molar-refractivity contribution in [2.24, 2.45) is 0 Å². The highest BCUT2D eigenvalue weighted by Gasteiger charge is 2.32. The Labute approximate surface area is 190 Å². The van der Waals surface area contributed by atoms with E-state index in [0.29, 0.717) is 11.3 Å². The van der Waals surface area contributed by atoms with Crippen LogP contribution in [0.2, 0.25) is 0 Å². The lowest BCUT2D eigenvalue weighted by Crippen LogP contribution is -2.37. The predicted octanol–water partition coefficient (Wildman–Crippen LogP) is 3.07. The van der Waals surface area contributed by atoms with Crippen molar-refractivity contribution in [1.82, 2.24) is 9.78 Å². The SMILES string of the molecule is CC(=O)c1ccc(NC(=O)CCn2nc(C(=O)N3c4ccccc4C[C@H]3C)ccc2=O)cc1. The molecule has 33 heavy (non-hydrogen) atoms. The lowest BCUT2D eigenvalue weighted by atomic mass is 10.1. The van der Waals surface area contributed by atoms with Gasteiger partial charge in [0.2, 0.25) is 5.91 Å². The van der Waals surface area contributed by atoms with Crippen LogP contribution in [0.4, 0.5) is 11.4 Å². The molecule has 1 N–H and O–H groups in total. The number of anilines is 2. The highest BCUT2D eigenvalue weighted by Crippen LogP contribution is 2.32. The molecule has 0 radical (unpaired) electrons. The summed E-state index contributed by atoms with van der Waals surface area (Å²) >= 11 is 0. The summed E-state index contributed by atoms with van der Waals surface area (Å²) in [6.07, 6.45) is 0.761. The molecule has 168 valence electrons. The maximum atomic E-state index is 13.2. The second-order valence-electron chi connectivity index (χ2n) is 8.07. The third-order valence-electron chi connectivity index (χ3n) is 5.64. The van der Waals surface area contributed by atoms with Crippen LogP contribution in [0.1, 0.15) is 46.7 Å². The first kappa shape index (κ1) is 22.1. The van der Waals surface area contributed by atoms with Gasteiger partial charge in [0.25, 0.3) is 11.5 Å². The van der Waals surface area contributed by atoms with Gasteiger partial charge in [0.05, 0.1) is 6.54 Å². The van der Waals surface area contributed by atoms with Gasteiger partial charge in [-0.05, 0) is 62.2 Å². The molecule has 2 aromatic carbocycles. The molecule has 8 heteroatoms. The van der Waals surface area contributed by atoms with Gasteiger partial charge in [-0.1, -0.05) is 18.2 Å². The summed E-state index contributed by atoms with van der Waals surface area (Å²) in [5, 5.41) is 6.96. The predicted molar refractivity (Wildman–Crippen MR) is 125 cm³/mol. The Hall–Kier alpha value is -4.07. The molecule has 2 amide bonds. The van der Waals surface area contributed by atoms with Crippen LogP contribution in [0.15, 0.2) is 65.5 Å². The number of nitrogens with one attached hydrogen (secondary N) is 1. The average molecular weight is 444 g/mol. The minimum atomic E-state index is -0.389. The van der Waals surface area contributed by atoms with Crippen molar-refractivity contribution in [2.45, 2.75) is 39.3 Å². The van der Waals surface area contributed by atoms with E-state index in [-0.39, 0.29) is 47.9 Å². The van der Waals surface area contributed by atoms with E-state index >= 15 is 0 Å². The quantitative estimate of drug-likeness (QED) is 0.589. The molecule has 2 heterocycles. The van der Waals surface area contributed by atoms with E-state index in [4.69, 9.17) is 0 Å². The van der Waals surface area contributed by atoms with E-state index in [2.05, 4.69) is 10.4 Å². The molecule has 0 saturated carbocycles. The van der Waals surface area contributed by atoms with Crippen LogP contribution in [0.25, 0.3) is 0 Å². The number of carbonyl (C=O) groups excluding carboxylic acids is 3. The van der Waals surface area contributed by atoms with E-state index in [1.165, 1.54) is 19.1 Å². The van der Waals surface area contributed by atoms with Crippen LogP contribution < -0.4 is 15.8 Å². The van der Waals surface area contributed by atoms with E-state index in [0.717, 1.165) is 22.4 Å². The lowest BCUT2D eigenvalue weighted by molar-refractivity contribution is -0.116. The molecule has 0 bridgehead atoms. The molecule has 0 fully saturated rings. The molecule has 1 aliphatic rings. The van der Waals surface area contributed by atoms with Crippen molar-refractivity contribution < 1.29 is 14.4 Å². The van der Waals surface area contributed by atoms with Crippen molar-refractivity contribution in [2.75, 3.05) is 10.2 Å². The molecule has 0 saturated heterocycles. The number of rotatable bonds is 6. The Morgan fingerprint density at radius 1 is 1.03 bits per heavy atom. The van der Waals surface area contributed by atoms with Gasteiger partial charge in [-0.3, -0.25) is 19.2 Å². The number of Topliss-reactive ketones (excluding diaryl/α,β-unsaturated/α-hetero) is 1. The summed E-state index contributed by atoms with van der Waals surface area (Å²) in [7, 11) is 0. The highest BCUT2D eigenvalue weighted by atomic mass is 16.2. The van der Waals surface area contributed by atoms with Crippen LogP contribution in [0.5, 0.6) is 0 Å². The molecule has 3 aromatic rings. The summed E-state index contributed by atoms with van der Waals surface area (Å²) in [5.41, 5.74) is 2.82. The lowest BCUT2D eigenvalue weighted by Gasteiger charge is -2.22. The van der Waals surface area contributed by atoms with Crippen LogP contribution >= 0.6 is 0 Å². The maximum absolute atomic E-state index is 13.2. The third kappa shape index (κ3) is 4.74. The topological polar surface area (TPSA) is 101 Å². The number of aromatic nitrogens is 2. The van der Waals surface area contributed by atoms with Gasteiger partial charge in [-0.15, -0.1) is 0 Å². The summed E-state index contributed by atoms with van der Waals surface area (Å²) in [6.45, 7) is 3.48. The van der Waals surface area contributed by atoms with E-state index in [9.17, 15) is 19.2 Å². The molecule has 4 rings (SSSR count). The van der Waals surface area contributed by atoms with Gasteiger partial charge >= 0.3 is 0 Å². The summed E-state index contributed by atoms with van der Waals surface area (Å²) in [5.74, 6) is -0.645. The number of para-hydroxylation sites is 1. The fraction of sp³-hybridized carbons (Fsp3) is 0.240. The van der Waals surface area contributed by atoms with Gasteiger partial charge in [0.15, 0.2) is 5.78 Å². The second-order valence-corrected chi connectivity index (χ2v) is 8.07. The standard InChI is InChI=1S/C25H24N4O4/c1-16-15-19-5-3-4-6-22(19)29(16)25(33)21-11-12-24(32)28(27-21)14-13-23(31)26-20-9-7-18(8-10-20)17(2)30/h3-12,16H,13-15H2,1-2H3,(H,26,31)/t16-/m1/s1. The normalized spacial score (nSPS) is 14.6. The molecular weight excluding hydrogens is 420 g/mol. The number of amides is 2. The van der Waals surface area contributed by atoms with Crippen molar-refractivity contribution in [3.8, 4) is 0 Å². The van der Waals surface area contributed by atoms with Crippen molar-refractivity contribution in [3.05, 3.63) is 87.8 Å². The van der Waals surface area contributed by atoms with Gasteiger partial charge in [-0.2, -0.15) is 5.10 Å². The molecule has 0 spiro atoms. The van der Waals surface area contributed by atoms with E-state index in [1.54, 1.807) is 29.2 Å². The summed E-state index contributed by atoms with van der Waals surface area (Å²) < 4.78 is 1.14. The first-order valence-electron chi connectivity index (χ1n) is 10.7. The Morgan fingerprint density at radius 3 is 2.48 bits per heavy atom. The summed E-state index contributed by atoms with van der Waals surface area (Å²) in [6, 6.07) is 17.0. The molecular formula is C25H24N4O4. The number of ketones is 1. The molecule has 1 aromatic heterocycles. The van der Waals surface area contributed by atoms with Gasteiger partial charge < -0.3 is 10.2 Å². The Kier molecular flexibility index (Phi) is 6.17. The smallest absolute Gasteiger partial charge is 0.278 e. The highest BCUT2D eigenvalue weighted by molar-refractivity contribution is 6.06. The van der Waals surface area contributed by atoms with E-state index in [1.807, 2.05) is 31.2 Å². The number of aryl methyl sites for hydroxylation is 1. The van der Waals surface area contributed by atoms with Gasteiger partial charge in [0.1, 0.15) is 5.69 Å². The summed E-state index contributed by atoms with van der Waals surface area (Å²) in [4.78, 5) is 50.8. The number of fused-ring (bicyclic) bond motifs is 1. The minimum Gasteiger partial charge on any atom is -0.326 e. The Morgan fingerprint density at radius 2 is 1.76 bits per heavy atom. The maximum Gasteiger partial charge on any atom is 0.278 e. The van der Waals surface area contributed by atoms with Gasteiger partial charge in [0, 0.05) is 35.5 Å². The Bertz CT molecular complexity index is 1280. The molecule has 8 nitrogen and oxygen atoms in total. The molecule has 0 aliphatic carbocycles. The molecule has 0 unspecified atom stereocenters. The van der Waals surface area contributed by atoms with Crippen LogP contribution in [0, 0.1) is 0 Å². The van der Waals surface area contributed by atoms with Crippen LogP contribution in [-0.2, 0) is 17.8 Å². The monoisotopic (exact) mass is 444 g/mol. The molecule has 1 aliphatic heterocycles. The zero-order chi connectivity index (χ0) is 23.5. The zero-order valence-corrected chi connectivity index (χ0v) is 18.4. The number of carbonyl (C=O) groups is 3. The largest absolute Gasteiger partial charge is 0.326 e. The minimum absolute atomic E-state index is 0.00195. The van der Waals surface area contributed by atoms with Crippen molar-refractivity contribution >= 4 is 29.0 Å². The van der Waals surface area contributed by atoms with Crippen molar-refractivity contribution in [1.29, 1.82) is 0 Å². The fourth-order valence-corrected chi connectivity index (χ4v) is 3.94. The number of hydrogen-bond acceptors (Lipinski definition) is 5. The Balaban J connectivity index is 1.44. The first-order chi connectivity index (χ1) is 15.8. The second kappa shape index (κ2) is 9.20. The third-order valence-corrected chi connectivity index (χ3v) is 5.64. The molecule has 1 atom stereocenters.